The summed E-state index contributed by atoms with van der Waals surface area (Å²) in [6.45, 7) is 1.48. The molecule has 0 heterocycles. The number of carbonyl (C=O) groups is 1. The second kappa shape index (κ2) is 8.70. The van der Waals surface area contributed by atoms with E-state index in [-0.39, 0.29) is 5.91 Å². The first-order valence-corrected chi connectivity index (χ1v) is 8.29. The van der Waals surface area contributed by atoms with Crippen LogP contribution >= 0.6 is 15.9 Å². The zero-order valence-electron chi connectivity index (χ0n) is 14.0. The first-order valence-electron chi connectivity index (χ1n) is 7.50. The molecule has 0 spiro atoms. The Hall–Kier alpha value is -2.05. The van der Waals surface area contributed by atoms with Crippen LogP contribution in [0.25, 0.3) is 0 Å². The van der Waals surface area contributed by atoms with E-state index in [1.54, 1.807) is 32.4 Å². The Balaban J connectivity index is 2.02. The molecule has 0 aliphatic carbocycles. The maximum absolute atomic E-state index is 12.3. The summed E-state index contributed by atoms with van der Waals surface area (Å²) in [5.41, 5.74) is 2.37. The van der Waals surface area contributed by atoms with E-state index in [2.05, 4.69) is 26.1 Å². The van der Waals surface area contributed by atoms with Gasteiger partial charge in [0.1, 0.15) is 5.75 Å². The van der Waals surface area contributed by atoms with Crippen LogP contribution in [-0.4, -0.2) is 40.3 Å². The molecule has 5 nitrogen and oxygen atoms in total. The van der Waals surface area contributed by atoms with Crippen molar-refractivity contribution in [3.63, 3.8) is 0 Å². The van der Waals surface area contributed by atoms with Gasteiger partial charge in [0.05, 0.1) is 18.2 Å². The Morgan fingerprint density at radius 1 is 1.17 bits per heavy atom. The van der Waals surface area contributed by atoms with Gasteiger partial charge < -0.3 is 19.7 Å². The smallest absolute Gasteiger partial charge is 0.255 e. The molecule has 1 N–H and O–H groups in total. The molecule has 0 saturated heterocycles. The molecule has 0 radical (unpaired) electrons. The molecule has 0 fully saturated rings. The van der Waals surface area contributed by atoms with Crippen LogP contribution < -0.4 is 15.0 Å². The minimum absolute atomic E-state index is 0.168. The summed E-state index contributed by atoms with van der Waals surface area (Å²) in [6, 6.07) is 12.9. The molecule has 0 unspecified atom stereocenters. The molecular formula is C18H21BrN2O3. The van der Waals surface area contributed by atoms with Crippen molar-refractivity contribution in [2.45, 2.75) is 0 Å². The van der Waals surface area contributed by atoms with E-state index in [0.29, 0.717) is 17.9 Å². The number of halogens is 1. The van der Waals surface area contributed by atoms with Gasteiger partial charge in [-0.3, -0.25) is 4.79 Å². The predicted octanol–water partition coefficient (Wildman–Crippen LogP) is 3.79. The van der Waals surface area contributed by atoms with Gasteiger partial charge in [-0.2, -0.15) is 0 Å². The number of benzene rings is 2. The van der Waals surface area contributed by atoms with Gasteiger partial charge in [0.2, 0.25) is 0 Å². The molecule has 24 heavy (non-hydrogen) atoms. The lowest BCUT2D eigenvalue weighted by molar-refractivity contribution is 0.102. The maximum Gasteiger partial charge on any atom is 0.255 e. The topological polar surface area (TPSA) is 50.8 Å². The number of hydrogen-bond acceptors (Lipinski definition) is 4. The zero-order chi connectivity index (χ0) is 17.5. The van der Waals surface area contributed by atoms with Gasteiger partial charge in [0.15, 0.2) is 0 Å². The van der Waals surface area contributed by atoms with Crippen LogP contribution in [0.5, 0.6) is 5.75 Å². The Morgan fingerprint density at radius 2 is 1.88 bits per heavy atom. The molecule has 0 aromatic heterocycles. The highest BCUT2D eigenvalue weighted by molar-refractivity contribution is 9.10. The third-order valence-corrected chi connectivity index (χ3v) is 4.23. The first kappa shape index (κ1) is 18.3. The summed E-state index contributed by atoms with van der Waals surface area (Å²) in [5, 5.41) is 2.89. The quantitative estimate of drug-likeness (QED) is 0.778. The highest BCUT2D eigenvalue weighted by Crippen LogP contribution is 2.26. The number of ether oxygens (including phenoxy) is 2. The number of nitrogens with one attached hydrogen (secondary N) is 1. The fourth-order valence-electron chi connectivity index (χ4n) is 2.17. The third-order valence-electron chi connectivity index (χ3n) is 3.61. The molecule has 1 amide bonds. The van der Waals surface area contributed by atoms with Gasteiger partial charge in [0.25, 0.3) is 5.91 Å². The van der Waals surface area contributed by atoms with Crippen LogP contribution in [-0.2, 0) is 4.74 Å². The van der Waals surface area contributed by atoms with Gasteiger partial charge in [0, 0.05) is 37.6 Å². The summed E-state index contributed by atoms with van der Waals surface area (Å²) in [7, 11) is 5.27. The Morgan fingerprint density at radius 3 is 2.46 bits per heavy atom. The largest absolute Gasteiger partial charge is 0.496 e. The van der Waals surface area contributed by atoms with E-state index in [0.717, 1.165) is 22.4 Å². The van der Waals surface area contributed by atoms with E-state index in [4.69, 9.17) is 9.47 Å². The molecule has 2 rings (SSSR count). The molecular weight excluding hydrogens is 372 g/mol. The van der Waals surface area contributed by atoms with Gasteiger partial charge in [-0.1, -0.05) is 0 Å². The van der Waals surface area contributed by atoms with Crippen LogP contribution in [0.3, 0.4) is 0 Å². The Labute approximate surface area is 150 Å². The molecule has 6 heteroatoms. The first-order chi connectivity index (χ1) is 11.5. The van der Waals surface area contributed by atoms with Crippen LogP contribution in [0.1, 0.15) is 10.4 Å². The van der Waals surface area contributed by atoms with Crippen LogP contribution in [0, 0.1) is 0 Å². The van der Waals surface area contributed by atoms with Crippen LogP contribution in [0.15, 0.2) is 46.9 Å². The van der Waals surface area contributed by atoms with Crippen molar-refractivity contribution in [3.8, 4) is 5.75 Å². The second-order valence-electron chi connectivity index (χ2n) is 5.26. The van der Waals surface area contributed by atoms with Crippen molar-refractivity contribution in [1.29, 1.82) is 0 Å². The lowest BCUT2D eigenvalue weighted by Gasteiger charge is -2.19. The highest BCUT2D eigenvalue weighted by atomic mass is 79.9. The minimum Gasteiger partial charge on any atom is -0.496 e. The van der Waals surface area contributed by atoms with E-state index in [1.165, 1.54) is 0 Å². The standard InChI is InChI=1S/C18H21BrN2O3/c1-21(10-11-23-2)15-7-5-14(6-8-15)20-18(22)13-4-9-17(24-3)16(19)12-13/h4-9,12H,10-11H2,1-3H3,(H,20,22). The molecule has 0 aliphatic rings. The van der Waals surface area contributed by atoms with Crippen molar-refractivity contribution < 1.29 is 14.3 Å². The van der Waals surface area contributed by atoms with E-state index in [1.807, 2.05) is 31.3 Å². The number of rotatable bonds is 7. The van der Waals surface area contributed by atoms with Crippen molar-refractivity contribution in [3.05, 3.63) is 52.5 Å². The average Bonchev–Trinajstić information content (AvgIpc) is 2.60. The number of anilines is 2. The molecule has 0 saturated carbocycles. The van der Waals surface area contributed by atoms with E-state index in [9.17, 15) is 4.79 Å². The summed E-state index contributed by atoms with van der Waals surface area (Å²) in [5.74, 6) is 0.522. The third kappa shape index (κ3) is 4.72. The van der Waals surface area contributed by atoms with E-state index < -0.39 is 0 Å². The molecule has 128 valence electrons. The SMILES string of the molecule is COCCN(C)c1ccc(NC(=O)c2ccc(OC)c(Br)c2)cc1. The van der Waals surface area contributed by atoms with Crippen molar-refractivity contribution in [2.24, 2.45) is 0 Å². The number of methoxy groups -OCH3 is 2. The Kier molecular flexibility index (Phi) is 6.63. The fourth-order valence-corrected chi connectivity index (χ4v) is 2.71. The average molecular weight is 393 g/mol. The van der Waals surface area contributed by atoms with Crippen molar-refractivity contribution in [1.82, 2.24) is 0 Å². The van der Waals surface area contributed by atoms with Crippen LogP contribution in [0.2, 0.25) is 0 Å². The summed E-state index contributed by atoms with van der Waals surface area (Å²) in [4.78, 5) is 14.4. The maximum atomic E-state index is 12.3. The Bertz CT molecular complexity index is 689. The number of nitrogens with zero attached hydrogens (tertiary/aromatic N) is 1. The number of amides is 1. The molecule has 0 atom stereocenters. The second-order valence-corrected chi connectivity index (χ2v) is 6.12. The highest BCUT2D eigenvalue weighted by Gasteiger charge is 2.09. The lowest BCUT2D eigenvalue weighted by atomic mass is 10.2. The van der Waals surface area contributed by atoms with Crippen molar-refractivity contribution >= 4 is 33.2 Å². The molecule has 2 aromatic carbocycles. The molecule has 2 aromatic rings. The predicted molar refractivity (Wildman–Crippen MR) is 100 cm³/mol. The minimum atomic E-state index is -0.168. The zero-order valence-corrected chi connectivity index (χ0v) is 15.6. The number of carbonyl (C=O) groups excluding carboxylic acids is 1. The van der Waals surface area contributed by atoms with Crippen molar-refractivity contribution in [2.75, 3.05) is 44.6 Å². The fraction of sp³-hybridized carbons (Fsp3) is 0.278. The van der Waals surface area contributed by atoms with Gasteiger partial charge in [-0.15, -0.1) is 0 Å². The van der Waals surface area contributed by atoms with Gasteiger partial charge in [-0.25, -0.2) is 0 Å². The van der Waals surface area contributed by atoms with Crippen LogP contribution in [0.4, 0.5) is 11.4 Å². The molecule has 0 bridgehead atoms. The number of hydrogen-bond donors (Lipinski definition) is 1. The normalized spacial score (nSPS) is 10.3. The van der Waals surface area contributed by atoms with Gasteiger partial charge >= 0.3 is 0 Å². The summed E-state index contributed by atoms with van der Waals surface area (Å²) in [6.07, 6.45) is 0. The number of likely N-dealkylation sites (N-methyl/N-ethyl adjacent to an activating group) is 1. The lowest BCUT2D eigenvalue weighted by Crippen LogP contribution is -2.21. The monoisotopic (exact) mass is 392 g/mol. The summed E-state index contributed by atoms with van der Waals surface area (Å²) < 4.78 is 11.0. The summed E-state index contributed by atoms with van der Waals surface area (Å²) >= 11 is 3.39. The molecule has 0 aliphatic heterocycles. The van der Waals surface area contributed by atoms with Gasteiger partial charge in [-0.05, 0) is 58.4 Å². The van der Waals surface area contributed by atoms with E-state index >= 15 is 0 Å².